The molecular weight excluding hydrogens is 228 g/mol. The van der Waals surface area contributed by atoms with E-state index in [0.29, 0.717) is 19.2 Å². The second kappa shape index (κ2) is 7.43. The van der Waals surface area contributed by atoms with Crippen LogP contribution in [0.1, 0.15) is 38.5 Å². The molecule has 0 amide bonds. The number of rotatable bonds is 6. The Morgan fingerprint density at radius 3 is 2.50 bits per heavy atom. The van der Waals surface area contributed by atoms with E-state index in [9.17, 15) is 5.11 Å². The largest absolute Gasteiger partial charge is 0.389 e. The number of ether oxygens (including phenoxy) is 1. The van der Waals surface area contributed by atoms with Crippen molar-refractivity contribution < 1.29 is 9.84 Å². The van der Waals surface area contributed by atoms with E-state index in [1.165, 1.54) is 51.6 Å². The minimum absolute atomic E-state index is 0.372. The van der Waals surface area contributed by atoms with Gasteiger partial charge in [-0.05, 0) is 38.8 Å². The fourth-order valence-corrected chi connectivity index (χ4v) is 3.29. The zero-order valence-electron chi connectivity index (χ0n) is 11.6. The first kappa shape index (κ1) is 14.3. The zero-order valence-corrected chi connectivity index (χ0v) is 11.6. The summed E-state index contributed by atoms with van der Waals surface area (Å²) in [5.74, 6) is 0. The van der Waals surface area contributed by atoms with Gasteiger partial charge >= 0.3 is 0 Å². The molecule has 1 aliphatic heterocycles. The molecule has 1 heterocycles. The molecule has 4 nitrogen and oxygen atoms in total. The number of aliphatic hydroxyl groups is 1. The Hall–Kier alpha value is -0.160. The maximum Gasteiger partial charge on any atom is 0.0897 e. The minimum Gasteiger partial charge on any atom is -0.389 e. The normalized spacial score (nSPS) is 25.7. The first-order valence-electron chi connectivity index (χ1n) is 7.44. The van der Waals surface area contributed by atoms with Crippen molar-refractivity contribution in [3.8, 4) is 0 Å². The molecule has 0 bridgehead atoms. The van der Waals surface area contributed by atoms with Gasteiger partial charge in [-0.15, -0.1) is 0 Å². The van der Waals surface area contributed by atoms with Crippen LogP contribution >= 0.6 is 0 Å². The van der Waals surface area contributed by atoms with Crippen LogP contribution in [0.2, 0.25) is 0 Å². The molecular formula is C14H28N2O2. The van der Waals surface area contributed by atoms with Crippen LogP contribution in [0.3, 0.4) is 0 Å². The number of piperidine rings is 1. The Morgan fingerprint density at radius 1 is 1.22 bits per heavy atom. The molecule has 1 unspecified atom stereocenters. The molecule has 1 saturated carbocycles. The topological polar surface area (TPSA) is 44.7 Å². The van der Waals surface area contributed by atoms with Gasteiger partial charge in [0.25, 0.3) is 0 Å². The summed E-state index contributed by atoms with van der Waals surface area (Å²) >= 11 is 0. The fourth-order valence-electron chi connectivity index (χ4n) is 3.29. The minimum atomic E-state index is -0.372. The Morgan fingerprint density at radius 2 is 1.89 bits per heavy atom. The smallest absolute Gasteiger partial charge is 0.0897 e. The molecule has 106 valence electrons. The molecule has 1 aliphatic carbocycles. The van der Waals surface area contributed by atoms with Gasteiger partial charge in [-0.2, -0.15) is 0 Å². The number of nitrogens with one attached hydrogen (secondary N) is 1. The van der Waals surface area contributed by atoms with E-state index in [-0.39, 0.29) is 6.10 Å². The van der Waals surface area contributed by atoms with E-state index in [2.05, 4.69) is 10.2 Å². The van der Waals surface area contributed by atoms with Crippen molar-refractivity contribution in [2.24, 2.45) is 0 Å². The van der Waals surface area contributed by atoms with Crippen LogP contribution in [0.4, 0.5) is 0 Å². The predicted octanol–water partition coefficient (Wildman–Crippen LogP) is 0.990. The highest BCUT2D eigenvalue weighted by Crippen LogP contribution is 2.26. The number of nitrogens with zero attached hydrogens (tertiary/aromatic N) is 1. The highest BCUT2D eigenvalue weighted by Gasteiger charge is 2.26. The predicted molar refractivity (Wildman–Crippen MR) is 72.7 cm³/mol. The summed E-state index contributed by atoms with van der Waals surface area (Å²) in [7, 11) is 1.63. The molecule has 1 saturated heterocycles. The molecule has 2 rings (SSSR count). The second-order valence-corrected chi connectivity index (χ2v) is 5.77. The SMILES string of the molecule is COCC(O)CNC1CCN(C2CCCC2)CC1. The fraction of sp³-hybridized carbons (Fsp3) is 1.00. The summed E-state index contributed by atoms with van der Waals surface area (Å²) in [5, 5.41) is 13.1. The summed E-state index contributed by atoms with van der Waals surface area (Å²) in [6, 6.07) is 1.44. The molecule has 1 atom stereocenters. The zero-order chi connectivity index (χ0) is 12.8. The van der Waals surface area contributed by atoms with Crippen LogP contribution in [0.15, 0.2) is 0 Å². The van der Waals surface area contributed by atoms with E-state index in [4.69, 9.17) is 4.74 Å². The Kier molecular flexibility index (Phi) is 5.89. The van der Waals surface area contributed by atoms with E-state index >= 15 is 0 Å². The van der Waals surface area contributed by atoms with Crippen LogP contribution in [0, 0.1) is 0 Å². The Labute approximate surface area is 111 Å². The van der Waals surface area contributed by atoms with Crippen molar-refractivity contribution in [3.05, 3.63) is 0 Å². The lowest BCUT2D eigenvalue weighted by Gasteiger charge is -2.36. The third-order valence-corrected chi connectivity index (χ3v) is 4.37. The van der Waals surface area contributed by atoms with Crippen LogP contribution in [0.25, 0.3) is 0 Å². The van der Waals surface area contributed by atoms with Gasteiger partial charge in [-0.1, -0.05) is 12.8 Å². The van der Waals surface area contributed by atoms with Crippen molar-refractivity contribution in [1.29, 1.82) is 0 Å². The second-order valence-electron chi connectivity index (χ2n) is 5.77. The maximum absolute atomic E-state index is 9.61. The maximum atomic E-state index is 9.61. The summed E-state index contributed by atoms with van der Waals surface area (Å²) in [4.78, 5) is 2.68. The average Bonchev–Trinajstić information content (AvgIpc) is 2.91. The summed E-state index contributed by atoms with van der Waals surface area (Å²) in [5.41, 5.74) is 0. The molecule has 2 N–H and O–H groups in total. The Balaban J connectivity index is 1.61. The number of hydrogen-bond donors (Lipinski definition) is 2. The van der Waals surface area contributed by atoms with Gasteiger partial charge in [-0.25, -0.2) is 0 Å². The average molecular weight is 256 g/mol. The lowest BCUT2D eigenvalue weighted by atomic mass is 10.0. The summed E-state index contributed by atoms with van der Waals surface area (Å²) in [6.07, 6.45) is 7.72. The molecule has 0 aromatic heterocycles. The van der Waals surface area contributed by atoms with Crippen molar-refractivity contribution >= 4 is 0 Å². The number of hydrogen-bond acceptors (Lipinski definition) is 4. The molecule has 0 aromatic rings. The van der Waals surface area contributed by atoms with Gasteiger partial charge in [0.2, 0.25) is 0 Å². The van der Waals surface area contributed by atoms with Crippen molar-refractivity contribution in [2.75, 3.05) is 33.4 Å². The first-order chi connectivity index (χ1) is 8.79. The monoisotopic (exact) mass is 256 g/mol. The number of methoxy groups -OCH3 is 1. The summed E-state index contributed by atoms with van der Waals surface area (Å²) in [6.45, 7) is 3.53. The van der Waals surface area contributed by atoms with E-state index in [0.717, 1.165) is 6.04 Å². The first-order valence-corrected chi connectivity index (χ1v) is 7.44. The lowest BCUT2D eigenvalue weighted by molar-refractivity contribution is 0.0591. The van der Waals surface area contributed by atoms with Crippen LogP contribution in [-0.2, 0) is 4.74 Å². The van der Waals surface area contributed by atoms with E-state index < -0.39 is 0 Å². The van der Waals surface area contributed by atoms with Gasteiger partial charge in [0.1, 0.15) is 0 Å². The third kappa shape index (κ3) is 4.19. The molecule has 0 aromatic carbocycles. The van der Waals surface area contributed by atoms with Crippen molar-refractivity contribution in [2.45, 2.75) is 56.7 Å². The van der Waals surface area contributed by atoms with Gasteiger partial charge in [-0.3, -0.25) is 0 Å². The molecule has 4 heteroatoms. The van der Waals surface area contributed by atoms with Gasteiger partial charge in [0.15, 0.2) is 0 Å². The van der Waals surface area contributed by atoms with Gasteiger partial charge in [0, 0.05) is 25.7 Å². The van der Waals surface area contributed by atoms with Crippen molar-refractivity contribution in [3.63, 3.8) is 0 Å². The van der Waals surface area contributed by atoms with Crippen molar-refractivity contribution in [1.82, 2.24) is 10.2 Å². The highest BCUT2D eigenvalue weighted by molar-refractivity contribution is 4.84. The van der Waals surface area contributed by atoms with Gasteiger partial charge in [0.05, 0.1) is 12.7 Å². The lowest BCUT2D eigenvalue weighted by Crippen LogP contribution is -2.47. The van der Waals surface area contributed by atoms with Crippen LogP contribution in [-0.4, -0.2) is 61.5 Å². The number of aliphatic hydroxyl groups excluding tert-OH is 1. The molecule has 0 radical (unpaired) electrons. The van der Waals surface area contributed by atoms with E-state index in [1.807, 2.05) is 0 Å². The summed E-state index contributed by atoms with van der Waals surface area (Å²) < 4.78 is 4.93. The van der Waals surface area contributed by atoms with Crippen LogP contribution in [0.5, 0.6) is 0 Å². The van der Waals surface area contributed by atoms with Gasteiger partial charge < -0.3 is 20.1 Å². The quantitative estimate of drug-likeness (QED) is 0.744. The Bertz CT molecular complexity index is 224. The molecule has 2 aliphatic rings. The molecule has 2 fully saturated rings. The number of likely N-dealkylation sites (tertiary alicyclic amines) is 1. The highest BCUT2D eigenvalue weighted by atomic mass is 16.5. The standard InChI is InChI=1S/C14H28N2O2/c1-18-11-14(17)10-15-12-6-8-16(9-7-12)13-4-2-3-5-13/h12-15,17H,2-11H2,1H3. The molecule has 0 spiro atoms. The van der Waals surface area contributed by atoms with Crippen LogP contribution < -0.4 is 5.32 Å². The third-order valence-electron chi connectivity index (χ3n) is 4.37. The molecule has 18 heavy (non-hydrogen) atoms. The van der Waals surface area contributed by atoms with E-state index in [1.54, 1.807) is 7.11 Å².